The van der Waals surface area contributed by atoms with E-state index in [2.05, 4.69) is 15.0 Å². The number of aliphatic hydroxyl groups is 2. The molecule has 218 valence electrons. The summed E-state index contributed by atoms with van der Waals surface area (Å²) in [4.78, 5) is 44.0. The smallest absolute Gasteiger partial charge is 0.325 e. The van der Waals surface area contributed by atoms with E-state index in [9.17, 15) is 33.0 Å². The summed E-state index contributed by atoms with van der Waals surface area (Å²) in [5, 5.41) is 34.5. The number of aliphatic hydroxyl groups excluding tert-OH is 2. The number of aromatic nitrogens is 4. The number of nitrogen functional groups attached to an aromatic ring is 1. The number of carboxylic acids is 2. The number of hydrogen-bond donors (Lipinski definition) is 7. The number of carbonyl (C=O) groups excluding carboxylic acids is 1. The van der Waals surface area contributed by atoms with Crippen LogP contribution in [0.15, 0.2) is 12.7 Å². The van der Waals surface area contributed by atoms with Crippen LogP contribution >= 0.6 is 11.8 Å². The number of hydrogen-bond acceptors (Lipinski definition) is 15. The van der Waals surface area contributed by atoms with E-state index in [0.29, 0.717) is 17.6 Å². The van der Waals surface area contributed by atoms with Gasteiger partial charge in [-0.05, 0) is 18.4 Å². The Bertz CT molecular complexity index is 1270. The number of imidazole rings is 1. The van der Waals surface area contributed by atoms with E-state index in [1.165, 1.54) is 17.2 Å². The summed E-state index contributed by atoms with van der Waals surface area (Å²) in [6.07, 6.45) is -0.511. The molecule has 0 radical (unpaired) electrons. The monoisotopic (exact) mass is 596 g/mol. The van der Waals surface area contributed by atoms with Crippen LogP contribution in [0.2, 0.25) is 0 Å². The van der Waals surface area contributed by atoms with Crippen LogP contribution in [0.4, 0.5) is 5.82 Å². The number of nitrogens with two attached hydrogens (primary N) is 2. The number of aliphatic carboxylic acids is 2. The van der Waals surface area contributed by atoms with Crippen LogP contribution in [0.25, 0.3) is 11.2 Å². The lowest BCUT2D eigenvalue weighted by molar-refractivity contribution is -0.151. The third-order valence-electron chi connectivity index (χ3n) is 5.32. The van der Waals surface area contributed by atoms with Crippen LogP contribution in [0, 0.1) is 0 Å². The third kappa shape index (κ3) is 8.42. The minimum Gasteiger partial charge on any atom is -0.481 e. The first-order chi connectivity index (χ1) is 18.2. The topological polar surface area (TPSA) is 301 Å². The van der Waals surface area contributed by atoms with Crippen molar-refractivity contribution in [2.24, 2.45) is 5.73 Å². The Morgan fingerprint density at radius 2 is 1.87 bits per heavy atom. The number of ether oxygens (including phenoxy) is 2. The van der Waals surface area contributed by atoms with E-state index in [-0.39, 0.29) is 12.4 Å². The molecular weight excluding hydrogens is 568 g/mol. The van der Waals surface area contributed by atoms with Gasteiger partial charge in [-0.2, -0.15) is 20.2 Å². The maximum absolute atomic E-state index is 11.9. The Balaban J connectivity index is 0.000000377. The highest BCUT2D eigenvalue weighted by atomic mass is 32.2. The molecule has 0 aliphatic carbocycles. The zero-order valence-electron chi connectivity index (χ0n) is 20.3. The Kier molecular flexibility index (Phi) is 11.3. The SMILES string of the molecule is CSCCC(N)C(=O)OC[C@H]1O[C@@H](n2cnc3c(N)ncnc32)[C@H](O)[C@@H]1O.O=C(O)CC(C(=O)O)S(=O)(=O)O. The molecule has 1 aliphatic heterocycles. The van der Waals surface area contributed by atoms with Gasteiger partial charge < -0.3 is 41.4 Å². The van der Waals surface area contributed by atoms with Gasteiger partial charge in [0.2, 0.25) is 0 Å². The second kappa shape index (κ2) is 13.8. The largest absolute Gasteiger partial charge is 0.481 e. The maximum atomic E-state index is 11.9. The van der Waals surface area contributed by atoms with Gasteiger partial charge in [-0.1, -0.05) is 0 Å². The molecule has 0 saturated carbocycles. The molecule has 0 spiro atoms. The fourth-order valence-electron chi connectivity index (χ4n) is 3.27. The Labute approximate surface area is 225 Å². The summed E-state index contributed by atoms with van der Waals surface area (Å²) >= 11 is 1.58. The van der Waals surface area contributed by atoms with E-state index >= 15 is 0 Å². The molecule has 3 heterocycles. The Morgan fingerprint density at radius 3 is 2.41 bits per heavy atom. The van der Waals surface area contributed by atoms with E-state index in [1.807, 2.05) is 6.26 Å². The summed E-state index contributed by atoms with van der Waals surface area (Å²) in [6.45, 7) is -0.232. The molecule has 2 aromatic rings. The van der Waals surface area contributed by atoms with Gasteiger partial charge in [-0.3, -0.25) is 23.5 Å². The molecule has 20 heteroatoms. The predicted octanol–water partition coefficient (Wildman–Crippen LogP) is -2.55. The summed E-state index contributed by atoms with van der Waals surface area (Å²) in [6, 6.07) is -0.742. The zero-order valence-corrected chi connectivity index (χ0v) is 21.9. The molecule has 3 rings (SSSR count). The van der Waals surface area contributed by atoms with E-state index in [1.54, 1.807) is 11.8 Å². The van der Waals surface area contributed by atoms with Gasteiger partial charge in [0.1, 0.15) is 42.8 Å². The van der Waals surface area contributed by atoms with Crippen LogP contribution in [-0.4, -0.2) is 119 Å². The number of carboxylic acid groups (broad SMARTS) is 2. The van der Waals surface area contributed by atoms with Crippen LogP contribution in [-0.2, 0) is 34.0 Å². The first kappa shape index (κ1) is 32.1. The van der Waals surface area contributed by atoms with Gasteiger partial charge in [0.05, 0.1) is 12.7 Å². The van der Waals surface area contributed by atoms with Gasteiger partial charge >= 0.3 is 17.9 Å². The van der Waals surface area contributed by atoms with Gasteiger partial charge in [0.15, 0.2) is 22.9 Å². The molecule has 0 bridgehead atoms. The molecule has 1 saturated heterocycles. The van der Waals surface area contributed by atoms with E-state index in [4.69, 9.17) is 35.7 Å². The number of carbonyl (C=O) groups is 3. The first-order valence-electron chi connectivity index (χ1n) is 11.0. The molecule has 2 unspecified atom stereocenters. The molecule has 39 heavy (non-hydrogen) atoms. The molecule has 2 aromatic heterocycles. The number of rotatable bonds is 11. The maximum Gasteiger partial charge on any atom is 0.325 e. The standard InChI is InChI=1S/C15H22N6O5S.C4H6O7S/c1-27-3-2-7(16)15(24)25-4-8-10(22)11(23)14(26-8)21-6-20-9-12(17)18-5-19-13(9)21;5-3(6)1-2(4(7)8)12(9,10)11/h5-8,10-11,14,22-23H,2-4,16H2,1H3,(H2,17,18,19);2H,1H2,(H,5,6)(H,7,8)(H,9,10,11)/t7?,8-,10-,11-,14-;/m1./s1. The highest BCUT2D eigenvalue weighted by molar-refractivity contribution is 7.98. The van der Waals surface area contributed by atoms with Gasteiger partial charge in [-0.25, -0.2) is 15.0 Å². The normalized spacial score (nSPS) is 22.5. The number of thioether (sulfide) groups is 1. The van der Waals surface area contributed by atoms with Crippen LogP contribution < -0.4 is 11.5 Å². The second-order valence-electron chi connectivity index (χ2n) is 8.09. The second-order valence-corrected chi connectivity index (χ2v) is 10.7. The fourth-order valence-corrected chi connectivity index (χ4v) is 4.36. The lowest BCUT2D eigenvalue weighted by Crippen LogP contribution is -2.38. The van der Waals surface area contributed by atoms with Crippen molar-refractivity contribution in [2.45, 2.75) is 48.7 Å². The van der Waals surface area contributed by atoms with E-state index < -0.39 is 70.3 Å². The van der Waals surface area contributed by atoms with Crippen molar-refractivity contribution in [3.63, 3.8) is 0 Å². The molecule has 6 atom stereocenters. The van der Waals surface area contributed by atoms with Crippen molar-refractivity contribution in [1.29, 1.82) is 0 Å². The Hall–Kier alpha value is -3.14. The molecular formula is C19H28N6O12S2. The first-order valence-corrected chi connectivity index (χ1v) is 13.8. The van der Waals surface area contributed by atoms with Crippen molar-refractivity contribution < 1.29 is 57.3 Å². The minimum atomic E-state index is -4.84. The Morgan fingerprint density at radius 1 is 1.21 bits per heavy atom. The highest BCUT2D eigenvalue weighted by Crippen LogP contribution is 2.32. The van der Waals surface area contributed by atoms with E-state index in [0.717, 1.165) is 5.75 Å². The summed E-state index contributed by atoms with van der Waals surface area (Å²) in [7, 11) is -4.84. The lowest BCUT2D eigenvalue weighted by atomic mass is 10.1. The van der Waals surface area contributed by atoms with Crippen molar-refractivity contribution in [2.75, 3.05) is 24.3 Å². The molecule has 0 amide bonds. The fraction of sp³-hybridized carbons (Fsp3) is 0.579. The summed E-state index contributed by atoms with van der Waals surface area (Å²) in [5.41, 5.74) is 12.2. The summed E-state index contributed by atoms with van der Waals surface area (Å²) < 4.78 is 40.9. The van der Waals surface area contributed by atoms with Gasteiger partial charge in [0, 0.05) is 0 Å². The molecule has 9 N–H and O–H groups in total. The molecule has 1 aliphatic rings. The van der Waals surface area contributed by atoms with Crippen LogP contribution in [0.1, 0.15) is 19.1 Å². The number of nitrogens with zero attached hydrogens (tertiary/aromatic N) is 4. The van der Waals surface area contributed by atoms with Crippen LogP contribution in [0.3, 0.4) is 0 Å². The van der Waals surface area contributed by atoms with Gasteiger partial charge in [-0.15, -0.1) is 0 Å². The van der Waals surface area contributed by atoms with Gasteiger partial charge in [0.25, 0.3) is 10.1 Å². The number of anilines is 1. The average molecular weight is 597 g/mol. The molecule has 18 nitrogen and oxygen atoms in total. The number of fused-ring (bicyclic) bond motifs is 1. The lowest BCUT2D eigenvalue weighted by Gasteiger charge is -2.17. The molecule has 1 fully saturated rings. The minimum absolute atomic E-state index is 0.191. The third-order valence-corrected chi connectivity index (χ3v) is 7.05. The van der Waals surface area contributed by atoms with Crippen LogP contribution in [0.5, 0.6) is 0 Å². The quantitative estimate of drug-likeness (QED) is 0.104. The van der Waals surface area contributed by atoms with Crippen molar-refractivity contribution in [3.05, 3.63) is 12.7 Å². The average Bonchev–Trinajstić information content (AvgIpc) is 3.40. The number of esters is 1. The van der Waals surface area contributed by atoms with Crippen molar-refractivity contribution >= 4 is 56.8 Å². The predicted molar refractivity (Wildman–Crippen MR) is 133 cm³/mol. The zero-order chi connectivity index (χ0) is 29.5. The molecule has 0 aromatic carbocycles. The van der Waals surface area contributed by atoms with Crippen molar-refractivity contribution in [3.8, 4) is 0 Å². The summed E-state index contributed by atoms with van der Waals surface area (Å²) in [5.74, 6) is -3.15. The van der Waals surface area contributed by atoms with Crippen molar-refractivity contribution in [1.82, 2.24) is 19.5 Å². The highest BCUT2D eigenvalue weighted by Gasteiger charge is 2.45.